The Hall–Kier alpha value is -0.700. The van der Waals surface area contributed by atoms with Crippen molar-refractivity contribution in [3.05, 3.63) is 63.1 Å². The molecule has 19 heavy (non-hydrogen) atoms. The summed E-state index contributed by atoms with van der Waals surface area (Å²) in [5, 5.41) is 2.08. The first-order valence-electron chi connectivity index (χ1n) is 5.83. The number of benzene rings is 2. The molecule has 0 aliphatic carbocycles. The third-order valence-electron chi connectivity index (χ3n) is 2.82. The number of hydrogen-bond acceptors (Lipinski definition) is 1. The van der Waals surface area contributed by atoms with Crippen LogP contribution in [0.1, 0.15) is 16.7 Å². The highest BCUT2D eigenvalue weighted by molar-refractivity contribution is 9.08. The molecular formula is C15H13BrCl2O. The van der Waals surface area contributed by atoms with Crippen molar-refractivity contribution in [1.82, 2.24) is 0 Å². The summed E-state index contributed by atoms with van der Waals surface area (Å²) in [6.45, 7) is 2.44. The molecule has 0 atom stereocenters. The molecule has 2 rings (SSSR count). The highest BCUT2D eigenvalue weighted by atomic mass is 79.9. The molecule has 2 aromatic rings. The van der Waals surface area contributed by atoms with Gasteiger partial charge in [-0.1, -0.05) is 57.3 Å². The predicted molar refractivity (Wildman–Crippen MR) is 84.6 cm³/mol. The van der Waals surface area contributed by atoms with E-state index in [1.807, 2.05) is 31.2 Å². The van der Waals surface area contributed by atoms with Gasteiger partial charge in [-0.05, 0) is 30.7 Å². The lowest BCUT2D eigenvalue weighted by Gasteiger charge is -2.13. The van der Waals surface area contributed by atoms with E-state index in [0.717, 1.165) is 27.8 Å². The van der Waals surface area contributed by atoms with Crippen molar-refractivity contribution in [3.63, 3.8) is 0 Å². The van der Waals surface area contributed by atoms with Gasteiger partial charge in [0.25, 0.3) is 0 Å². The van der Waals surface area contributed by atoms with E-state index in [2.05, 4.69) is 15.9 Å². The summed E-state index contributed by atoms with van der Waals surface area (Å²) in [7, 11) is 0. The lowest BCUT2D eigenvalue weighted by atomic mass is 10.1. The molecule has 1 nitrogen and oxygen atoms in total. The van der Waals surface area contributed by atoms with E-state index in [4.69, 9.17) is 27.9 Å². The minimum atomic E-state index is 0.407. The Morgan fingerprint density at radius 1 is 1.11 bits per heavy atom. The molecule has 100 valence electrons. The summed E-state index contributed by atoms with van der Waals surface area (Å²) in [4.78, 5) is 0. The van der Waals surface area contributed by atoms with Gasteiger partial charge in [0.05, 0.1) is 0 Å². The Balaban J connectivity index is 2.21. The Morgan fingerprint density at radius 2 is 1.89 bits per heavy atom. The fourth-order valence-corrected chi connectivity index (χ4v) is 2.64. The molecule has 0 saturated heterocycles. The van der Waals surface area contributed by atoms with Crippen molar-refractivity contribution < 1.29 is 4.74 Å². The number of alkyl halides is 1. The first-order valence-corrected chi connectivity index (χ1v) is 7.70. The van der Waals surface area contributed by atoms with E-state index in [9.17, 15) is 0 Å². The normalized spacial score (nSPS) is 10.5. The van der Waals surface area contributed by atoms with E-state index >= 15 is 0 Å². The monoisotopic (exact) mass is 358 g/mol. The van der Waals surface area contributed by atoms with Crippen LogP contribution in [0.4, 0.5) is 0 Å². The molecule has 0 radical (unpaired) electrons. The average Bonchev–Trinajstić information content (AvgIpc) is 2.40. The SMILES string of the molecule is Cc1cccc(CBr)c1OCc1cc(Cl)ccc1Cl. The van der Waals surface area contributed by atoms with E-state index in [1.54, 1.807) is 12.1 Å². The van der Waals surface area contributed by atoms with Crippen LogP contribution in [-0.4, -0.2) is 0 Å². The van der Waals surface area contributed by atoms with Crippen molar-refractivity contribution >= 4 is 39.1 Å². The van der Waals surface area contributed by atoms with Gasteiger partial charge in [-0.3, -0.25) is 0 Å². The lowest BCUT2D eigenvalue weighted by molar-refractivity contribution is 0.302. The molecule has 0 heterocycles. The lowest BCUT2D eigenvalue weighted by Crippen LogP contribution is -2.00. The molecular weight excluding hydrogens is 347 g/mol. The summed E-state index contributed by atoms with van der Waals surface area (Å²) >= 11 is 15.6. The quantitative estimate of drug-likeness (QED) is 0.629. The second-order valence-corrected chi connectivity index (χ2v) is 5.63. The van der Waals surface area contributed by atoms with Crippen molar-refractivity contribution in [3.8, 4) is 5.75 Å². The van der Waals surface area contributed by atoms with Crippen LogP contribution in [0.5, 0.6) is 5.75 Å². The fraction of sp³-hybridized carbons (Fsp3) is 0.200. The van der Waals surface area contributed by atoms with Gasteiger partial charge >= 0.3 is 0 Å². The second kappa shape index (κ2) is 6.65. The molecule has 0 spiro atoms. The zero-order chi connectivity index (χ0) is 13.8. The van der Waals surface area contributed by atoms with Crippen molar-refractivity contribution in [2.45, 2.75) is 18.9 Å². The molecule has 2 aromatic carbocycles. The Labute approximate surface area is 131 Å². The molecule has 0 aliphatic heterocycles. The summed E-state index contributed by atoms with van der Waals surface area (Å²) in [5.74, 6) is 0.899. The molecule has 0 bridgehead atoms. The third kappa shape index (κ3) is 3.65. The molecule has 4 heteroatoms. The number of ether oxygens (including phenoxy) is 1. The van der Waals surface area contributed by atoms with Crippen LogP contribution in [0.15, 0.2) is 36.4 Å². The summed E-state index contributed by atoms with van der Waals surface area (Å²) in [5.41, 5.74) is 3.12. The third-order valence-corrected chi connectivity index (χ3v) is 4.03. The van der Waals surface area contributed by atoms with E-state index in [0.29, 0.717) is 16.7 Å². The van der Waals surface area contributed by atoms with Crippen LogP contribution in [0.25, 0.3) is 0 Å². The van der Waals surface area contributed by atoms with Gasteiger partial charge in [0, 0.05) is 26.5 Å². The van der Waals surface area contributed by atoms with E-state index in [1.165, 1.54) is 0 Å². The maximum absolute atomic E-state index is 6.13. The van der Waals surface area contributed by atoms with Crippen LogP contribution >= 0.6 is 39.1 Å². The molecule has 0 unspecified atom stereocenters. The van der Waals surface area contributed by atoms with Gasteiger partial charge in [-0.2, -0.15) is 0 Å². The topological polar surface area (TPSA) is 9.23 Å². The average molecular weight is 360 g/mol. The van der Waals surface area contributed by atoms with E-state index < -0.39 is 0 Å². The van der Waals surface area contributed by atoms with Gasteiger partial charge in [0.15, 0.2) is 0 Å². The second-order valence-electron chi connectivity index (χ2n) is 4.22. The largest absolute Gasteiger partial charge is 0.488 e. The maximum atomic E-state index is 6.13. The Kier molecular flexibility index (Phi) is 5.14. The predicted octanol–water partition coefficient (Wildman–Crippen LogP) is 5.78. The van der Waals surface area contributed by atoms with Gasteiger partial charge in [0.1, 0.15) is 12.4 Å². The standard InChI is InChI=1S/C15H13BrCl2O/c1-10-3-2-4-11(8-16)15(10)19-9-12-7-13(17)5-6-14(12)18/h2-7H,8-9H2,1H3. The molecule has 0 fully saturated rings. The smallest absolute Gasteiger partial charge is 0.126 e. The maximum Gasteiger partial charge on any atom is 0.126 e. The minimum absolute atomic E-state index is 0.407. The van der Waals surface area contributed by atoms with Crippen LogP contribution in [0, 0.1) is 6.92 Å². The molecule has 0 N–H and O–H groups in total. The number of rotatable bonds is 4. The van der Waals surface area contributed by atoms with Crippen molar-refractivity contribution in [2.75, 3.05) is 0 Å². The summed E-state index contributed by atoms with van der Waals surface area (Å²) < 4.78 is 5.91. The van der Waals surface area contributed by atoms with Crippen molar-refractivity contribution in [1.29, 1.82) is 0 Å². The number of para-hydroxylation sites is 1. The molecule has 0 amide bonds. The Bertz CT molecular complexity index is 584. The molecule has 0 aliphatic rings. The van der Waals surface area contributed by atoms with Crippen LogP contribution in [0.3, 0.4) is 0 Å². The highest BCUT2D eigenvalue weighted by Crippen LogP contribution is 2.28. The number of halogens is 3. The zero-order valence-corrected chi connectivity index (χ0v) is 13.5. The first-order chi connectivity index (χ1) is 9.11. The Morgan fingerprint density at radius 3 is 2.63 bits per heavy atom. The minimum Gasteiger partial charge on any atom is -0.488 e. The zero-order valence-electron chi connectivity index (χ0n) is 10.4. The highest BCUT2D eigenvalue weighted by Gasteiger charge is 2.08. The van der Waals surface area contributed by atoms with Crippen LogP contribution < -0.4 is 4.74 Å². The summed E-state index contributed by atoms with van der Waals surface area (Å²) in [6.07, 6.45) is 0. The first kappa shape index (κ1) is 14.7. The fourth-order valence-electron chi connectivity index (χ4n) is 1.83. The van der Waals surface area contributed by atoms with Crippen LogP contribution in [0.2, 0.25) is 10.0 Å². The van der Waals surface area contributed by atoms with Gasteiger partial charge in [-0.25, -0.2) is 0 Å². The van der Waals surface area contributed by atoms with Gasteiger partial charge in [-0.15, -0.1) is 0 Å². The van der Waals surface area contributed by atoms with E-state index in [-0.39, 0.29) is 0 Å². The van der Waals surface area contributed by atoms with Gasteiger partial charge < -0.3 is 4.74 Å². The number of aryl methyl sites for hydroxylation is 1. The van der Waals surface area contributed by atoms with Crippen molar-refractivity contribution in [2.24, 2.45) is 0 Å². The number of hydrogen-bond donors (Lipinski definition) is 0. The van der Waals surface area contributed by atoms with Crippen LogP contribution in [-0.2, 0) is 11.9 Å². The molecule has 0 aromatic heterocycles. The molecule has 0 saturated carbocycles. The summed E-state index contributed by atoms with van der Waals surface area (Å²) in [6, 6.07) is 11.5. The van der Waals surface area contributed by atoms with Gasteiger partial charge in [0.2, 0.25) is 0 Å².